The van der Waals surface area contributed by atoms with E-state index in [1.165, 1.54) is 0 Å². The SMILES string of the molecule is CN1Cc2c(Cl)cc(Cl)cc2[C@H](Cc2cccc(S(=O)(=O)NCCOCCOCCN)c2)C1. The molecule has 0 saturated heterocycles. The van der Waals surface area contributed by atoms with Gasteiger partial charge in [-0.2, -0.15) is 0 Å². The van der Waals surface area contributed by atoms with E-state index in [9.17, 15) is 8.42 Å². The van der Waals surface area contributed by atoms with Gasteiger partial charge in [-0.25, -0.2) is 13.1 Å². The molecule has 3 rings (SSSR count). The lowest BCUT2D eigenvalue weighted by molar-refractivity contribution is 0.0530. The average Bonchev–Trinajstić information content (AvgIpc) is 2.76. The number of halogens is 2. The Morgan fingerprint density at radius 1 is 1.12 bits per heavy atom. The summed E-state index contributed by atoms with van der Waals surface area (Å²) in [6.07, 6.45) is 0.684. The van der Waals surface area contributed by atoms with Crippen molar-refractivity contribution >= 4 is 33.2 Å². The first-order valence-electron chi connectivity index (χ1n) is 10.9. The standard InChI is InChI=1S/C23H31Cl2N3O4S/c1-28-15-18(21-13-19(24)14-23(25)22(21)16-28)11-17-3-2-4-20(12-17)33(29,30)27-6-8-32-10-9-31-7-5-26/h2-4,12-14,18,27H,5-11,15-16,26H2,1H3/t18-/m1/s1. The van der Waals surface area contributed by atoms with Gasteiger partial charge in [0.2, 0.25) is 10.0 Å². The first-order valence-corrected chi connectivity index (χ1v) is 13.1. The molecular weight excluding hydrogens is 485 g/mol. The van der Waals surface area contributed by atoms with Crippen molar-refractivity contribution in [2.75, 3.05) is 53.1 Å². The van der Waals surface area contributed by atoms with Crippen LogP contribution in [-0.4, -0.2) is 66.4 Å². The van der Waals surface area contributed by atoms with E-state index in [1.807, 2.05) is 12.1 Å². The Bertz CT molecular complexity index is 1040. The van der Waals surface area contributed by atoms with E-state index in [2.05, 4.69) is 16.7 Å². The highest BCUT2D eigenvalue weighted by Gasteiger charge is 2.26. The third-order valence-corrected chi connectivity index (χ3v) is 7.47. The Kier molecular flexibility index (Phi) is 9.96. The van der Waals surface area contributed by atoms with Crippen molar-refractivity contribution in [2.45, 2.75) is 23.8 Å². The van der Waals surface area contributed by atoms with Crippen LogP contribution >= 0.6 is 23.2 Å². The van der Waals surface area contributed by atoms with E-state index in [-0.39, 0.29) is 24.0 Å². The number of nitrogens with zero attached hydrogens (tertiary/aromatic N) is 1. The molecule has 10 heteroatoms. The van der Waals surface area contributed by atoms with Crippen LogP contribution in [0.15, 0.2) is 41.3 Å². The van der Waals surface area contributed by atoms with Crippen molar-refractivity contribution < 1.29 is 17.9 Å². The van der Waals surface area contributed by atoms with Crippen LogP contribution in [0.4, 0.5) is 0 Å². The van der Waals surface area contributed by atoms with Gasteiger partial charge in [-0.1, -0.05) is 35.3 Å². The van der Waals surface area contributed by atoms with Gasteiger partial charge in [0.25, 0.3) is 0 Å². The summed E-state index contributed by atoms with van der Waals surface area (Å²) in [7, 11) is -1.59. The minimum Gasteiger partial charge on any atom is -0.378 e. The van der Waals surface area contributed by atoms with Gasteiger partial charge in [0.15, 0.2) is 0 Å². The number of hydrogen-bond acceptors (Lipinski definition) is 6. The summed E-state index contributed by atoms with van der Waals surface area (Å²) in [6.45, 7) is 3.81. The van der Waals surface area contributed by atoms with Gasteiger partial charge in [0.05, 0.1) is 31.3 Å². The maximum Gasteiger partial charge on any atom is 0.240 e. The molecule has 0 aromatic heterocycles. The third kappa shape index (κ3) is 7.63. The van der Waals surface area contributed by atoms with E-state index in [0.717, 1.165) is 29.8 Å². The van der Waals surface area contributed by atoms with Crippen molar-refractivity contribution in [1.29, 1.82) is 0 Å². The van der Waals surface area contributed by atoms with Crippen LogP contribution in [0.1, 0.15) is 22.6 Å². The molecule has 2 aromatic rings. The number of nitrogens with one attached hydrogen (secondary N) is 1. The molecule has 3 N–H and O–H groups in total. The van der Waals surface area contributed by atoms with Gasteiger partial charge in [0, 0.05) is 42.1 Å². The number of benzene rings is 2. The highest BCUT2D eigenvalue weighted by atomic mass is 35.5. The number of nitrogens with two attached hydrogens (primary N) is 1. The van der Waals surface area contributed by atoms with Crippen molar-refractivity contribution in [1.82, 2.24) is 9.62 Å². The summed E-state index contributed by atoms with van der Waals surface area (Å²) in [5, 5.41) is 1.28. The van der Waals surface area contributed by atoms with E-state index in [1.54, 1.807) is 24.3 Å². The van der Waals surface area contributed by atoms with E-state index in [4.69, 9.17) is 38.4 Å². The third-order valence-electron chi connectivity index (χ3n) is 5.46. The van der Waals surface area contributed by atoms with E-state index < -0.39 is 10.0 Å². The van der Waals surface area contributed by atoms with E-state index in [0.29, 0.717) is 42.8 Å². The number of rotatable bonds is 12. The molecule has 0 aliphatic carbocycles. The van der Waals surface area contributed by atoms with Crippen molar-refractivity contribution in [3.05, 3.63) is 63.1 Å². The zero-order valence-corrected chi connectivity index (χ0v) is 21.1. The number of likely N-dealkylation sites (N-methyl/N-ethyl adjacent to an activating group) is 1. The summed E-state index contributed by atoms with van der Waals surface area (Å²) >= 11 is 12.7. The lowest BCUT2D eigenvalue weighted by Crippen LogP contribution is -2.31. The normalized spacial score (nSPS) is 16.7. The van der Waals surface area contributed by atoms with Crippen LogP contribution < -0.4 is 10.5 Å². The maximum absolute atomic E-state index is 12.7. The number of sulfonamides is 1. The Balaban J connectivity index is 1.62. The molecule has 1 atom stereocenters. The molecule has 0 amide bonds. The molecular formula is C23H31Cl2N3O4S. The lowest BCUT2D eigenvalue weighted by Gasteiger charge is -2.33. The molecule has 0 saturated carbocycles. The van der Waals surface area contributed by atoms with Crippen LogP contribution in [0.25, 0.3) is 0 Å². The molecule has 0 spiro atoms. The molecule has 182 valence electrons. The predicted octanol–water partition coefficient (Wildman–Crippen LogP) is 3.04. The Labute approximate surface area is 206 Å². The van der Waals surface area contributed by atoms with E-state index >= 15 is 0 Å². The van der Waals surface area contributed by atoms with Gasteiger partial charge in [0.1, 0.15) is 0 Å². The van der Waals surface area contributed by atoms with Crippen LogP contribution in [0.5, 0.6) is 0 Å². The van der Waals surface area contributed by atoms with Gasteiger partial charge in [-0.3, -0.25) is 0 Å². The highest BCUT2D eigenvalue weighted by Crippen LogP contribution is 2.36. The summed E-state index contributed by atoms with van der Waals surface area (Å²) < 4.78 is 38.7. The first-order chi connectivity index (χ1) is 15.8. The molecule has 0 bridgehead atoms. The Hall–Kier alpha value is -1.23. The molecule has 7 nitrogen and oxygen atoms in total. The van der Waals surface area contributed by atoms with Crippen LogP contribution in [0.2, 0.25) is 10.0 Å². The van der Waals surface area contributed by atoms with Crippen LogP contribution in [0, 0.1) is 0 Å². The molecule has 1 heterocycles. The molecule has 2 aromatic carbocycles. The second-order valence-electron chi connectivity index (χ2n) is 8.11. The van der Waals surface area contributed by atoms with Crippen molar-refractivity contribution in [2.24, 2.45) is 5.73 Å². The molecule has 1 aliphatic rings. The lowest BCUT2D eigenvalue weighted by atomic mass is 9.85. The molecule has 33 heavy (non-hydrogen) atoms. The van der Waals surface area contributed by atoms with Crippen molar-refractivity contribution in [3.8, 4) is 0 Å². The van der Waals surface area contributed by atoms with Gasteiger partial charge in [-0.05, 0) is 54.4 Å². The number of fused-ring (bicyclic) bond motifs is 1. The zero-order valence-electron chi connectivity index (χ0n) is 18.7. The fourth-order valence-corrected chi connectivity index (χ4v) is 5.65. The Morgan fingerprint density at radius 2 is 1.88 bits per heavy atom. The quantitative estimate of drug-likeness (QED) is 0.422. The topological polar surface area (TPSA) is 93.9 Å². The summed E-state index contributed by atoms with van der Waals surface area (Å²) in [5.74, 6) is 0.163. The largest absolute Gasteiger partial charge is 0.378 e. The minimum atomic E-state index is -3.64. The zero-order chi connectivity index (χ0) is 23.8. The number of ether oxygens (including phenoxy) is 2. The summed E-state index contributed by atoms with van der Waals surface area (Å²) in [6, 6.07) is 10.8. The second kappa shape index (κ2) is 12.5. The molecule has 0 radical (unpaired) electrons. The molecule has 1 aliphatic heterocycles. The summed E-state index contributed by atoms with van der Waals surface area (Å²) in [4.78, 5) is 2.45. The predicted molar refractivity (Wildman–Crippen MR) is 132 cm³/mol. The van der Waals surface area contributed by atoms with Gasteiger partial charge >= 0.3 is 0 Å². The van der Waals surface area contributed by atoms with Gasteiger partial charge in [-0.15, -0.1) is 0 Å². The second-order valence-corrected chi connectivity index (χ2v) is 10.7. The monoisotopic (exact) mass is 515 g/mol. The van der Waals surface area contributed by atoms with Crippen LogP contribution in [0.3, 0.4) is 0 Å². The molecule has 0 fully saturated rings. The van der Waals surface area contributed by atoms with Crippen molar-refractivity contribution in [3.63, 3.8) is 0 Å². The fourth-order valence-electron chi connectivity index (χ4n) is 4.00. The first kappa shape index (κ1) is 26.4. The van der Waals surface area contributed by atoms with Crippen LogP contribution in [-0.2, 0) is 32.5 Å². The fraction of sp³-hybridized carbons (Fsp3) is 0.478. The maximum atomic E-state index is 12.7. The average molecular weight is 516 g/mol. The minimum absolute atomic E-state index is 0.163. The molecule has 0 unspecified atom stereocenters. The highest BCUT2D eigenvalue weighted by molar-refractivity contribution is 7.89. The Morgan fingerprint density at radius 3 is 2.64 bits per heavy atom. The smallest absolute Gasteiger partial charge is 0.240 e. The van der Waals surface area contributed by atoms with Gasteiger partial charge < -0.3 is 20.1 Å². The summed E-state index contributed by atoms with van der Waals surface area (Å²) in [5.41, 5.74) is 8.49. The number of hydrogen-bond donors (Lipinski definition) is 2.